The predicted octanol–water partition coefficient (Wildman–Crippen LogP) is 3.14. The Balaban J connectivity index is 1.74. The minimum absolute atomic E-state index is 0.165. The molecule has 0 aromatic heterocycles. The van der Waals surface area contributed by atoms with Crippen LogP contribution in [0, 0.1) is 11.3 Å². The van der Waals surface area contributed by atoms with E-state index in [0.29, 0.717) is 34.8 Å². The molecule has 2 amide bonds. The summed E-state index contributed by atoms with van der Waals surface area (Å²) in [6, 6.07) is 14.9. The van der Waals surface area contributed by atoms with Gasteiger partial charge in [0.05, 0.1) is 22.3 Å². The first-order chi connectivity index (χ1) is 12.1. The molecule has 0 spiro atoms. The molecule has 0 saturated carbocycles. The van der Waals surface area contributed by atoms with E-state index in [2.05, 4.69) is 5.32 Å². The van der Waals surface area contributed by atoms with E-state index in [1.165, 1.54) is 0 Å². The van der Waals surface area contributed by atoms with Gasteiger partial charge in [-0.2, -0.15) is 5.26 Å². The number of anilines is 1. The molecule has 2 aromatic rings. The molecule has 1 aliphatic rings. The highest BCUT2D eigenvalue weighted by molar-refractivity contribution is 6.33. The molecule has 0 radical (unpaired) electrons. The molecule has 1 saturated heterocycles. The van der Waals surface area contributed by atoms with Gasteiger partial charge in [-0.15, -0.1) is 0 Å². The largest absolute Gasteiger partial charge is 0.340 e. The first kappa shape index (κ1) is 17.0. The van der Waals surface area contributed by atoms with Gasteiger partial charge in [-0.05, 0) is 49.2 Å². The molecular formula is C19H16ClN3O2. The first-order valence-corrected chi connectivity index (χ1v) is 8.35. The Bertz CT molecular complexity index is 842. The molecule has 1 aliphatic heterocycles. The molecule has 6 heteroatoms. The zero-order valence-corrected chi connectivity index (χ0v) is 14.2. The lowest BCUT2D eigenvalue weighted by molar-refractivity contribution is -0.121. The van der Waals surface area contributed by atoms with Crippen molar-refractivity contribution in [1.82, 2.24) is 5.32 Å². The summed E-state index contributed by atoms with van der Waals surface area (Å²) in [6.07, 6.45) is 1.36. The lowest BCUT2D eigenvalue weighted by atomic mass is 10.0. The molecule has 0 aliphatic carbocycles. The number of hydrogen-bond acceptors (Lipinski definition) is 3. The van der Waals surface area contributed by atoms with Gasteiger partial charge in [0.2, 0.25) is 5.91 Å². The van der Waals surface area contributed by atoms with Gasteiger partial charge >= 0.3 is 0 Å². The fraction of sp³-hybridized carbons (Fsp3) is 0.211. The molecule has 1 heterocycles. The molecule has 5 nitrogen and oxygen atoms in total. The van der Waals surface area contributed by atoms with Crippen molar-refractivity contribution in [3.8, 4) is 6.07 Å². The van der Waals surface area contributed by atoms with Gasteiger partial charge in [0, 0.05) is 12.1 Å². The van der Waals surface area contributed by atoms with Crippen molar-refractivity contribution in [2.24, 2.45) is 0 Å². The molecule has 1 N–H and O–H groups in total. The third kappa shape index (κ3) is 3.65. The Morgan fingerprint density at radius 2 is 1.92 bits per heavy atom. The van der Waals surface area contributed by atoms with E-state index in [4.69, 9.17) is 16.9 Å². The van der Waals surface area contributed by atoms with Crippen LogP contribution in [0.1, 0.15) is 28.8 Å². The van der Waals surface area contributed by atoms with Crippen molar-refractivity contribution < 1.29 is 9.59 Å². The molecule has 1 fully saturated rings. The lowest BCUT2D eigenvalue weighted by Crippen LogP contribution is -2.52. The number of halogens is 1. The number of nitriles is 1. The quantitative estimate of drug-likeness (QED) is 0.921. The van der Waals surface area contributed by atoms with Crippen LogP contribution in [0.5, 0.6) is 0 Å². The Morgan fingerprint density at radius 3 is 2.60 bits per heavy atom. The van der Waals surface area contributed by atoms with E-state index in [1.54, 1.807) is 41.3 Å². The van der Waals surface area contributed by atoms with Crippen LogP contribution in [0.4, 0.5) is 5.69 Å². The smallest absolute Gasteiger partial charge is 0.251 e. The standard InChI is InChI=1S/C19H16ClN3O2/c20-15-4-1-2-6-17(15)23-11-3-5-16(19(23)25)22-18(24)14-9-7-13(12-21)8-10-14/h1-2,4,6-10,16H,3,5,11H2,(H,22,24). The second kappa shape index (κ2) is 7.37. The molecule has 25 heavy (non-hydrogen) atoms. The summed E-state index contributed by atoms with van der Waals surface area (Å²) < 4.78 is 0. The number of piperidine rings is 1. The van der Waals surface area contributed by atoms with Gasteiger partial charge < -0.3 is 10.2 Å². The van der Waals surface area contributed by atoms with Gasteiger partial charge in [0.25, 0.3) is 5.91 Å². The average Bonchev–Trinajstić information content (AvgIpc) is 2.64. The fourth-order valence-corrected chi connectivity index (χ4v) is 3.09. The van der Waals surface area contributed by atoms with Crippen LogP contribution in [0.2, 0.25) is 5.02 Å². The van der Waals surface area contributed by atoms with Crippen molar-refractivity contribution in [2.75, 3.05) is 11.4 Å². The van der Waals surface area contributed by atoms with Gasteiger partial charge in [0.15, 0.2) is 0 Å². The second-order valence-corrected chi connectivity index (χ2v) is 6.21. The van der Waals surface area contributed by atoms with Crippen molar-refractivity contribution >= 4 is 29.1 Å². The number of amides is 2. The number of rotatable bonds is 3. The van der Waals surface area contributed by atoms with Crippen molar-refractivity contribution in [2.45, 2.75) is 18.9 Å². The van der Waals surface area contributed by atoms with Crippen molar-refractivity contribution in [3.63, 3.8) is 0 Å². The van der Waals surface area contributed by atoms with Crippen molar-refractivity contribution in [1.29, 1.82) is 5.26 Å². The first-order valence-electron chi connectivity index (χ1n) is 7.97. The summed E-state index contributed by atoms with van der Waals surface area (Å²) in [5.41, 5.74) is 1.56. The molecule has 2 aromatic carbocycles. The number of para-hydroxylation sites is 1. The lowest BCUT2D eigenvalue weighted by Gasteiger charge is -2.33. The maximum Gasteiger partial charge on any atom is 0.251 e. The van der Waals surface area contributed by atoms with E-state index < -0.39 is 6.04 Å². The number of nitrogens with one attached hydrogen (secondary N) is 1. The molecule has 0 bridgehead atoms. The minimum atomic E-state index is -0.590. The van der Waals surface area contributed by atoms with Crippen LogP contribution in [0.25, 0.3) is 0 Å². The van der Waals surface area contributed by atoms with Crippen molar-refractivity contribution in [3.05, 3.63) is 64.7 Å². The average molecular weight is 354 g/mol. The predicted molar refractivity (Wildman–Crippen MR) is 95.5 cm³/mol. The Morgan fingerprint density at radius 1 is 1.20 bits per heavy atom. The third-order valence-electron chi connectivity index (χ3n) is 4.16. The van der Waals surface area contributed by atoms with E-state index in [9.17, 15) is 9.59 Å². The Labute approximate surface area is 150 Å². The second-order valence-electron chi connectivity index (χ2n) is 5.80. The Hall–Kier alpha value is -2.84. The van der Waals surface area contributed by atoms with Crippen LogP contribution < -0.4 is 10.2 Å². The topological polar surface area (TPSA) is 73.2 Å². The van der Waals surface area contributed by atoms with Crippen LogP contribution in [0.15, 0.2) is 48.5 Å². The van der Waals surface area contributed by atoms with E-state index >= 15 is 0 Å². The monoisotopic (exact) mass is 353 g/mol. The van der Waals surface area contributed by atoms with E-state index in [1.807, 2.05) is 18.2 Å². The number of hydrogen-bond donors (Lipinski definition) is 1. The molecule has 1 atom stereocenters. The highest BCUT2D eigenvalue weighted by atomic mass is 35.5. The van der Waals surface area contributed by atoms with Gasteiger partial charge in [-0.3, -0.25) is 9.59 Å². The molecular weight excluding hydrogens is 338 g/mol. The van der Waals surface area contributed by atoms with Crippen LogP contribution in [0.3, 0.4) is 0 Å². The summed E-state index contributed by atoms with van der Waals surface area (Å²) in [6.45, 7) is 0.575. The summed E-state index contributed by atoms with van der Waals surface area (Å²) >= 11 is 6.19. The van der Waals surface area contributed by atoms with Crippen LogP contribution in [-0.4, -0.2) is 24.4 Å². The zero-order valence-electron chi connectivity index (χ0n) is 13.4. The van der Waals surface area contributed by atoms with Crippen LogP contribution in [-0.2, 0) is 4.79 Å². The van der Waals surface area contributed by atoms with Crippen LogP contribution >= 0.6 is 11.6 Å². The van der Waals surface area contributed by atoms with Gasteiger partial charge in [-0.1, -0.05) is 23.7 Å². The minimum Gasteiger partial charge on any atom is -0.340 e. The fourth-order valence-electron chi connectivity index (χ4n) is 2.86. The highest BCUT2D eigenvalue weighted by Gasteiger charge is 2.31. The summed E-state index contributed by atoms with van der Waals surface area (Å²) in [5, 5.41) is 12.1. The third-order valence-corrected chi connectivity index (χ3v) is 4.48. The van der Waals surface area contributed by atoms with Gasteiger partial charge in [-0.25, -0.2) is 0 Å². The SMILES string of the molecule is N#Cc1ccc(C(=O)NC2CCCN(c3ccccc3Cl)C2=O)cc1. The Kier molecular flexibility index (Phi) is 5.01. The van der Waals surface area contributed by atoms with E-state index in [-0.39, 0.29) is 11.8 Å². The zero-order chi connectivity index (χ0) is 17.8. The molecule has 1 unspecified atom stereocenters. The summed E-state index contributed by atoms with van der Waals surface area (Å²) in [7, 11) is 0. The summed E-state index contributed by atoms with van der Waals surface area (Å²) in [5.74, 6) is -0.495. The number of carbonyl (C=O) groups is 2. The molecule has 126 valence electrons. The number of benzene rings is 2. The normalized spacial score (nSPS) is 17.0. The maximum absolute atomic E-state index is 12.8. The number of carbonyl (C=O) groups excluding carboxylic acids is 2. The molecule has 3 rings (SSSR count). The number of nitrogens with zero attached hydrogens (tertiary/aromatic N) is 2. The van der Waals surface area contributed by atoms with Gasteiger partial charge in [0.1, 0.15) is 6.04 Å². The van der Waals surface area contributed by atoms with E-state index in [0.717, 1.165) is 6.42 Å². The highest BCUT2D eigenvalue weighted by Crippen LogP contribution is 2.28. The summed E-state index contributed by atoms with van der Waals surface area (Å²) in [4.78, 5) is 26.8. The maximum atomic E-state index is 12.8.